The van der Waals surface area contributed by atoms with E-state index in [2.05, 4.69) is 5.32 Å². The summed E-state index contributed by atoms with van der Waals surface area (Å²) >= 11 is 0. The normalized spacial score (nSPS) is 11.6. The maximum Gasteiger partial charge on any atom is 0.255 e. The summed E-state index contributed by atoms with van der Waals surface area (Å²) in [4.78, 5) is 13.1. The quantitative estimate of drug-likeness (QED) is 0.711. The predicted molar refractivity (Wildman–Crippen MR) is 114 cm³/mol. The number of nitrogens with zero attached hydrogens (tertiary/aromatic N) is 1. The Hall–Kier alpha value is -2.18. The Morgan fingerprint density at radius 2 is 1.54 bits per heavy atom. The zero-order valence-electron chi connectivity index (χ0n) is 17.4. The van der Waals surface area contributed by atoms with Gasteiger partial charge in [0.25, 0.3) is 5.91 Å². The Labute approximate surface area is 168 Å². The SMILES string of the molecule is CCc1cccc(CC)c1NC(=O)c1ccc(C)c(S(=O)(=O)N(CC)CC)c1. The molecule has 0 fully saturated rings. The Kier molecular flexibility index (Phi) is 7.38. The van der Waals surface area contributed by atoms with Crippen molar-refractivity contribution in [3.63, 3.8) is 0 Å². The highest BCUT2D eigenvalue weighted by atomic mass is 32.2. The molecule has 0 heterocycles. The van der Waals surface area contributed by atoms with E-state index >= 15 is 0 Å². The van der Waals surface area contributed by atoms with Crippen LogP contribution >= 0.6 is 0 Å². The fourth-order valence-electron chi connectivity index (χ4n) is 3.31. The van der Waals surface area contributed by atoms with E-state index in [0.29, 0.717) is 24.2 Å². The van der Waals surface area contributed by atoms with Crippen molar-refractivity contribution in [2.45, 2.75) is 52.4 Å². The largest absolute Gasteiger partial charge is 0.321 e. The van der Waals surface area contributed by atoms with Gasteiger partial charge in [-0.1, -0.05) is 52.0 Å². The molecule has 0 unspecified atom stereocenters. The van der Waals surface area contributed by atoms with Crippen molar-refractivity contribution in [1.29, 1.82) is 0 Å². The summed E-state index contributed by atoms with van der Waals surface area (Å²) in [6.07, 6.45) is 1.61. The lowest BCUT2D eigenvalue weighted by Gasteiger charge is -2.20. The standard InChI is InChI=1S/C22H30N2O3S/c1-6-17-11-10-12-18(7-2)21(17)23-22(25)19-14-13-16(5)20(15-19)28(26,27)24(8-3)9-4/h10-15H,6-9H2,1-5H3,(H,23,25). The average molecular weight is 403 g/mol. The highest BCUT2D eigenvalue weighted by molar-refractivity contribution is 7.89. The molecule has 2 aromatic carbocycles. The van der Waals surface area contributed by atoms with E-state index in [-0.39, 0.29) is 10.8 Å². The number of amides is 1. The summed E-state index contributed by atoms with van der Waals surface area (Å²) in [5, 5.41) is 3.01. The van der Waals surface area contributed by atoms with Gasteiger partial charge in [-0.25, -0.2) is 8.42 Å². The van der Waals surface area contributed by atoms with Gasteiger partial charge in [0.1, 0.15) is 0 Å². The van der Waals surface area contributed by atoms with Gasteiger partial charge in [-0.15, -0.1) is 0 Å². The molecule has 0 spiro atoms. The van der Waals surface area contributed by atoms with Gasteiger partial charge < -0.3 is 5.32 Å². The van der Waals surface area contributed by atoms with Crippen molar-refractivity contribution < 1.29 is 13.2 Å². The minimum Gasteiger partial charge on any atom is -0.321 e. The molecule has 5 nitrogen and oxygen atoms in total. The summed E-state index contributed by atoms with van der Waals surface area (Å²) in [5.74, 6) is -0.299. The molecule has 6 heteroatoms. The molecular formula is C22H30N2O3S. The number of hydrogen-bond acceptors (Lipinski definition) is 3. The van der Waals surface area contributed by atoms with Gasteiger partial charge in [-0.3, -0.25) is 4.79 Å². The Bertz CT molecular complexity index is 926. The molecule has 0 saturated heterocycles. The van der Waals surface area contributed by atoms with Crippen LogP contribution in [-0.2, 0) is 22.9 Å². The van der Waals surface area contributed by atoms with Crippen molar-refractivity contribution in [2.75, 3.05) is 18.4 Å². The van der Waals surface area contributed by atoms with Gasteiger partial charge in [0.05, 0.1) is 4.90 Å². The van der Waals surface area contributed by atoms with Crippen molar-refractivity contribution in [3.8, 4) is 0 Å². The first kappa shape index (κ1) is 22.1. The maximum atomic E-state index is 12.9. The van der Waals surface area contributed by atoms with Crippen LogP contribution in [0.25, 0.3) is 0 Å². The molecule has 0 aliphatic rings. The van der Waals surface area contributed by atoms with Crippen molar-refractivity contribution in [3.05, 3.63) is 58.7 Å². The molecule has 152 valence electrons. The summed E-state index contributed by atoms with van der Waals surface area (Å²) in [7, 11) is -3.63. The van der Waals surface area contributed by atoms with Gasteiger partial charge in [0, 0.05) is 24.3 Å². The molecule has 2 aromatic rings. The monoisotopic (exact) mass is 402 g/mol. The second-order valence-corrected chi connectivity index (χ2v) is 8.59. The first-order valence-electron chi connectivity index (χ1n) is 9.82. The molecule has 0 atom stereocenters. The third-order valence-corrected chi connectivity index (χ3v) is 7.20. The van der Waals surface area contributed by atoms with Crippen LogP contribution in [-0.4, -0.2) is 31.7 Å². The number of rotatable bonds is 8. The maximum absolute atomic E-state index is 12.9. The second-order valence-electron chi connectivity index (χ2n) is 6.68. The van der Waals surface area contributed by atoms with Gasteiger partial charge in [-0.05, 0) is 48.6 Å². The van der Waals surface area contributed by atoms with Crippen molar-refractivity contribution >= 4 is 21.6 Å². The Morgan fingerprint density at radius 1 is 0.964 bits per heavy atom. The van der Waals surface area contributed by atoms with Crippen LogP contribution in [0.4, 0.5) is 5.69 Å². The summed E-state index contributed by atoms with van der Waals surface area (Å²) < 4.78 is 27.3. The topological polar surface area (TPSA) is 66.5 Å². The lowest BCUT2D eigenvalue weighted by atomic mass is 10.0. The fraction of sp³-hybridized carbons (Fsp3) is 0.409. The smallest absolute Gasteiger partial charge is 0.255 e. The average Bonchev–Trinajstić information content (AvgIpc) is 2.68. The number of para-hydroxylation sites is 1. The van der Waals surface area contributed by atoms with Crippen LogP contribution in [0.5, 0.6) is 0 Å². The zero-order chi connectivity index (χ0) is 20.9. The Balaban J connectivity index is 2.44. The van der Waals surface area contributed by atoms with E-state index in [1.165, 1.54) is 10.4 Å². The second kappa shape index (κ2) is 9.34. The molecule has 2 rings (SSSR count). The summed E-state index contributed by atoms with van der Waals surface area (Å²) in [6.45, 7) is 10.2. The predicted octanol–water partition coefficient (Wildman–Crippen LogP) is 4.40. The van der Waals surface area contributed by atoms with Crippen LogP contribution in [0.3, 0.4) is 0 Å². The van der Waals surface area contributed by atoms with Crippen LogP contribution in [0, 0.1) is 6.92 Å². The Morgan fingerprint density at radius 3 is 2.04 bits per heavy atom. The molecule has 0 aliphatic carbocycles. The number of hydrogen-bond donors (Lipinski definition) is 1. The summed E-state index contributed by atoms with van der Waals surface area (Å²) in [6, 6.07) is 10.8. The minimum absolute atomic E-state index is 0.184. The van der Waals surface area contributed by atoms with Gasteiger partial charge >= 0.3 is 0 Å². The molecular weight excluding hydrogens is 372 g/mol. The highest BCUT2D eigenvalue weighted by Crippen LogP contribution is 2.25. The zero-order valence-corrected chi connectivity index (χ0v) is 18.2. The third-order valence-electron chi connectivity index (χ3n) is 5.01. The lowest BCUT2D eigenvalue weighted by molar-refractivity contribution is 0.102. The number of sulfonamides is 1. The van der Waals surface area contributed by atoms with Crippen LogP contribution < -0.4 is 5.32 Å². The number of carbonyl (C=O) groups excluding carboxylic acids is 1. The third kappa shape index (κ3) is 4.45. The number of benzene rings is 2. The molecule has 0 aliphatic heterocycles. The van der Waals surface area contributed by atoms with E-state index in [1.54, 1.807) is 32.9 Å². The number of carbonyl (C=O) groups is 1. The minimum atomic E-state index is -3.63. The van der Waals surface area contributed by atoms with E-state index in [0.717, 1.165) is 29.7 Å². The molecule has 0 radical (unpaired) electrons. The van der Waals surface area contributed by atoms with E-state index in [1.807, 2.05) is 32.0 Å². The van der Waals surface area contributed by atoms with Crippen molar-refractivity contribution in [2.24, 2.45) is 0 Å². The molecule has 1 N–H and O–H groups in total. The van der Waals surface area contributed by atoms with E-state index in [4.69, 9.17) is 0 Å². The molecule has 0 saturated carbocycles. The van der Waals surface area contributed by atoms with Crippen LogP contribution in [0.2, 0.25) is 0 Å². The first-order chi connectivity index (χ1) is 13.3. The van der Waals surface area contributed by atoms with Crippen molar-refractivity contribution in [1.82, 2.24) is 4.31 Å². The number of anilines is 1. The summed E-state index contributed by atoms with van der Waals surface area (Å²) in [5.41, 5.74) is 3.92. The lowest BCUT2D eigenvalue weighted by Crippen LogP contribution is -2.31. The number of aryl methyl sites for hydroxylation is 3. The highest BCUT2D eigenvalue weighted by Gasteiger charge is 2.25. The van der Waals surface area contributed by atoms with Gasteiger partial charge in [0.15, 0.2) is 0 Å². The van der Waals surface area contributed by atoms with Gasteiger partial charge in [-0.2, -0.15) is 4.31 Å². The fourth-order valence-corrected chi connectivity index (χ4v) is 5.02. The molecule has 1 amide bonds. The first-order valence-corrected chi connectivity index (χ1v) is 11.3. The molecule has 0 bridgehead atoms. The molecule has 28 heavy (non-hydrogen) atoms. The van der Waals surface area contributed by atoms with E-state index < -0.39 is 10.0 Å². The van der Waals surface area contributed by atoms with Crippen LogP contribution in [0.15, 0.2) is 41.3 Å². The van der Waals surface area contributed by atoms with Crippen LogP contribution in [0.1, 0.15) is 54.7 Å². The molecule has 0 aromatic heterocycles. The van der Waals surface area contributed by atoms with Gasteiger partial charge in [0.2, 0.25) is 10.0 Å². The number of nitrogens with one attached hydrogen (secondary N) is 1. The van der Waals surface area contributed by atoms with E-state index in [9.17, 15) is 13.2 Å².